The van der Waals surface area contributed by atoms with Crippen LogP contribution in [-0.2, 0) is 11.2 Å². The van der Waals surface area contributed by atoms with Crippen molar-refractivity contribution >= 4 is 33.6 Å². The van der Waals surface area contributed by atoms with E-state index in [-0.39, 0.29) is 0 Å². The second-order valence-electron chi connectivity index (χ2n) is 2.03. The lowest BCUT2D eigenvalue weighted by atomic mass is 10.3. The normalized spacial score (nSPS) is 9.80. The van der Waals surface area contributed by atoms with Gasteiger partial charge in [0.25, 0.3) is 0 Å². The van der Waals surface area contributed by atoms with E-state index in [0.29, 0.717) is 6.42 Å². The van der Waals surface area contributed by atoms with Gasteiger partial charge in [0, 0.05) is 15.8 Å². The molecule has 1 nitrogen and oxygen atoms in total. The topological polar surface area (TPSA) is 17.1 Å². The molecule has 0 aliphatic carbocycles. The molecule has 3 heteroatoms. The smallest absolute Gasteiger partial charge is 0.125 e. The number of thiophene rings is 1. The summed E-state index contributed by atoms with van der Waals surface area (Å²) in [5.41, 5.74) is 1.21. The molecule has 0 aliphatic heterocycles. The highest BCUT2D eigenvalue weighted by Gasteiger charge is 2.03. The highest BCUT2D eigenvalue weighted by atomic mass is 79.9. The first-order valence-electron chi connectivity index (χ1n) is 2.91. The number of aldehydes is 1. The molecular formula is C7H7BrOS. The van der Waals surface area contributed by atoms with Gasteiger partial charge in [-0.2, -0.15) is 0 Å². The number of hydrogen-bond acceptors (Lipinski definition) is 2. The third-order valence-corrected chi connectivity index (χ3v) is 3.73. The van der Waals surface area contributed by atoms with Crippen LogP contribution >= 0.6 is 27.3 Å². The Labute approximate surface area is 72.2 Å². The van der Waals surface area contributed by atoms with Gasteiger partial charge in [0.2, 0.25) is 0 Å². The molecule has 0 radical (unpaired) electrons. The minimum absolute atomic E-state index is 0.527. The van der Waals surface area contributed by atoms with Gasteiger partial charge in [0.15, 0.2) is 0 Å². The third kappa shape index (κ3) is 1.47. The van der Waals surface area contributed by atoms with Gasteiger partial charge in [-0.1, -0.05) is 0 Å². The largest absolute Gasteiger partial charge is 0.303 e. The lowest BCUT2D eigenvalue weighted by Crippen LogP contribution is -1.80. The van der Waals surface area contributed by atoms with E-state index in [2.05, 4.69) is 15.9 Å². The van der Waals surface area contributed by atoms with Crippen molar-refractivity contribution in [2.24, 2.45) is 0 Å². The molecule has 0 fully saturated rings. The zero-order valence-electron chi connectivity index (χ0n) is 5.56. The number of hydrogen-bond donors (Lipinski definition) is 0. The summed E-state index contributed by atoms with van der Waals surface area (Å²) in [6, 6.07) is 0. The summed E-state index contributed by atoms with van der Waals surface area (Å²) in [6.07, 6.45) is 1.45. The van der Waals surface area contributed by atoms with Crippen molar-refractivity contribution in [2.45, 2.75) is 13.3 Å². The zero-order chi connectivity index (χ0) is 7.56. The Kier molecular flexibility index (Phi) is 2.63. The molecule has 0 aromatic carbocycles. The molecule has 0 spiro atoms. The van der Waals surface area contributed by atoms with Crippen molar-refractivity contribution < 1.29 is 4.79 Å². The predicted molar refractivity (Wildman–Crippen MR) is 46.5 cm³/mol. The fourth-order valence-corrected chi connectivity index (χ4v) is 2.27. The van der Waals surface area contributed by atoms with Crippen LogP contribution in [0.2, 0.25) is 0 Å². The fourth-order valence-electron chi connectivity index (χ4n) is 0.696. The van der Waals surface area contributed by atoms with Crippen LogP contribution in [0.5, 0.6) is 0 Å². The number of halogens is 1. The van der Waals surface area contributed by atoms with Gasteiger partial charge in [0.1, 0.15) is 6.29 Å². The molecule has 0 saturated carbocycles. The van der Waals surface area contributed by atoms with Crippen LogP contribution in [0, 0.1) is 6.92 Å². The van der Waals surface area contributed by atoms with Gasteiger partial charge in [-0.3, -0.25) is 0 Å². The molecule has 0 aliphatic rings. The third-order valence-electron chi connectivity index (χ3n) is 1.24. The van der Waals surface area contributed by atoms with Gasteiger partial charge in [-0.05, 0) is 33.8 Å². The van der Waals surface area contributed by atoms with E-state index in [1.165, 1.54) is 5.56 Å². The van der Waals surface area contributed by atoms with E-state index < -0.39 is 0 Å². The molecule has 1 heterocycles. The summed E-state index contributed by atoms with van der Waals surface area (Å²) in [7, 11) is 0. The zero-order valence-corrected chi connectivity index (χ0v) is 7.96. The van der Waals surface area contributed by atoms with Crippen molar-refractivity contribution in [3.05, 3.63) is 20.3 Å². The van der Waals surface area contributed by atoms with Gasteiger partial charge in [-0.25, -0.2) is 0 Å². The Morgan fingerprint density at radius 1 is 1.80 bits per heavy atom. The number of aryl methyl sites for hydroxylation is 1. The van der Waals surface area contributed by atoms with E-state index in [0.717, 1.165) is 15.6 Å². The van der Waals surface area contributed by atoms with Crippen LogP contribution < -0.4 is 0 Å². The first-order chi connectivity index (χ1) is 4.75. The van der Waals surface area contributed by atoms with Crippen molar-refractivity contribution in [1.29, 1.82) is 0 Å². The first-order valence-corrected chi connectivity index (χ1v) is 4.59. The Hall–Kier alpha value is -0.150. The van der Waals surface area contributed by atoms with E-state index in [4.69, 9.17) is 0 Å². The second kappa shape index (κ2) is 3.30. The average molecular weight is 219 g/mol. The molecule has 0 unspecified atom stereocenters. The predicted octanol–water partition coefficient (Wildman–Crippen LogP) is 2.56. The van der Waals surface area contributed by atoms with Crippen molar-refractivity contribution in [3.8, 4) is 0 Å². The maximum atomic E-state index is 10.1. The molecular weight excluding hydrogens is 212 g/mol. The summed E-state index contributed by atoms with van der Waals surface area (Å²) >= 11 is 5.03. The van der Waals surface area contributed by atoms with Crippen molar-refractivity contribution in [2.75, 3.05) is 0 Å². The van der Waals surface area contributed by atoms with Crippen LogP contribution in [0.1, 0.15) is 10.4 Å². The Bertz CT molecular complexity index is 242. The molecule has 0 atom stereocenters. The highest BCUT2D eigenvalue weighted by molar-refractivity contribution is 9.10. The van der Waals surface area contributed by atoms with Gasteiger partial charge >= 0.3 is 0 Å². The van der Waals surface area contributed by atoms with Gasteiger partial charge in [-0.15, -0.1) is 11.3 Å². The molecule has 1 rings (SSSR count). The van der Waals surface area contributed by atoms with Crippen LogP contribution in [-0.4, -0.2) is 6.29 Å². The molecule has 10 heavy (non-hydrogen) atoms. The average Bonchev–Trinajstić information content (AvgIpc) is 2.20. The Balaban J connectivity index is 2.93. The summed E-state index contributed by atoms with van der Waals surface area (Å²) < 4.78 is 1.09. The summed E-state index contributed by atoms with van der Waals surface area (Å²) in [5.74, 6) is 0. The molecule has 1 aromatic rings. The maximum absolute atomic E-state index is 10.1. The SMILES string of the molecule is Cc1csc(CC=O)c1Br. The monoisotopic (exact) mass is 218 g/mol. The highest BCUT2D eigenvalue weighted by Crippen LogP contribution is 2.27. The lowest BCUT2D eigenvalue weighted by molar-refractivity contribution is -0.107. The molecule has 0 N–H and O–H groups in total. The Morgan fingerprint density at radius 2 is 2.50 bits per heavy atom. The summed E-state index contributed by atoms with van der Waals surface area (Å²) in [6.45, 7) is 2.02. The molecule has 0 amide bonds. The van der Waals surface area contributed by atoms with E-state index >= 15 is 0 Å². The standard InChI is InChI=1S/C7H7BrOS/c1-5-4-10-6(2-3-9)7(5)8/h3-4H,2H2,1H3. The summed E-state index contributed by atoms with van der Waals surface area (Å²) in [5, 5.41) is 2.04. The van der Waals surface area contributed by atoms with Gasteiger partial charge in [0.05, 0.1) is 0 Å². The molecule has 0 bridgehead atoms. The molecule has 0 saturated heterocycles. The van der Waals surface area contributed by atoms with Crippen LogP contribution in [0.15, 0.2) is 9.85 Å². The summed E-state index contributed by atoms with van der Waals surface area (Å²) in [4.78, 5) is 11.2. The number of carbonyl (C=O) groups excluding carboxylic acids is 1. The number of rotatable bonds is 2. The fraction of sp³-hybridized carbons (Fsp3) is 0.286. The minimum Gasteiger partial charge on any atom is -0.303 e. The van der Waals surface area contributed by atoms with Crippen LogP contribution in [0.4, 0.5) is 0 Å². The van der Waals surface area contributed by atoms with Crippen molar-refractivity contribution in [3.63, 3.8) is 0 Å². The quantitative estimate of drug-likeness (QED) is 0.698. The molecule has 54 valence electrons. The minimum atomic E-state index is 0.527. The number of carbonyl (C=O) groups is 1. The second-order valence-corrected chi connectivity index (χ2v) is 3.78. The Morgan fingerprint density at radius 3 is 2.90 bits per heavy atom. The van der Waals surface area contributed by atoms with Gasteiger partial charge < -0.3 is 4.79 Å². The van der Waals surface area contributed by atoms with Crippen LogP contribution in [0.3, 0.4) is 0 Å². The van der Waals surface area contributed by atoms with Crippen LogP contribution in [0.25, 0.3) is 0 Å². The van der Waals surface area contributed by atoms with E-state index in [9.17, 15) is 4.79 Å². The van der Waals surface area contributed by atoms with Crippen molar-refractivity contribution in [1.82, 2.24) is 0 Å². The van der Waals surface area contributed by atoms with E-state index in [1.54, 1.807) is 11.3 Å². The first kappa shape index (κ1) is 7.95. The molecule has 1 aromatic heterocycles. The maximum Gasteiger partial charge on any atom is 0.125 e. The van der Waals surface area contributed by atoms with E-state index in [1.807, 2.05) is 12.3 Å². The lowest BCUT2D eigenvalue weighted by Gasteiger charge is -1.88.